The molecule has 218 valence electrons. The first-order chi connectivity index (χ1) is 18.2. The summed E-state index contributed by atoms with van der Waals surface area (Å²) in [4.78, 5) is 29.8. The van der Waals surface area contributed by atoms with E-state index in [4.69, 9.17) is 20.9 Å². The molecule has 0 aliphatic carbocycles. The molecule has 0 aliphatic heterocycles. The zero-order valence-electron chi connectivity index (χ0n) is 24.1. The number of benzene rings is 2. The molecule has 0 bridgehead atoms. The molecule has 2 rings (SSSR count). The van der Waals surface area contributed by atoms with Crippen molar-refractivity contribution in [3.8, 4) is 22.6 Å². The molecule has 0 radical (unpaired) electrons. The van der Waals surface area contributed by atoms with Crippen LogP contribution in [0.5, 0.6) is 11.5 Å². The standard InChI is InChI=1S/C28H44N6O4.ClH/c1-7-33(8-2)13-11-31-27(35)21-15-19(23(29)17-25(21)37-5)20-16-22(26(38-6)18-24(20)30)28(36)32-12-14-34(9-3)10-4;/h15-18H,7-14,29-30H2,1-6H3,(H,31,35)(H,32,36);1H. The Hall–Kier alpha value is -3.21. The third-order valence-corrected chi connectivity index (χ3v) is 6.89. The number of quaternary nitrogens is 1. The monoisotopic (exact) mass is 564 g/mol. The van der Waals surface area contributed by atoms with Gasteiger partial charge in [0.2, 0.25) is 0 Å². The Balaban J connectivity index is 0.00000760. The fourth-order valence-corrected chi connectivity index (χ4v) is 4.36. The van der Waals surface area contributed by atoms with E-state index < -0.39 is 0 Å². The molecule has 10 nitrogen and oxygen atoms in total. The minimum Gasteiger partial charge on any atom is -1.00 e. The number of carbonyl (C=O) groups excluding carboxylic acids is 2. The van der Waals surface area contributed by atoms with Crippen LogP contribution >= 0.6 is 0 Å². The van der Waals surface area contributed by atoms with Crippen LogP contribution < -0.4 is 48.9 Å². The van der Waals surface area contributed by atoms with E-state index in [1.54, 1.807) is 24.3 Å². The molecule has 0 unspecified atom stereocenters. The zero-order valence-corrected chi connectivity index (χ0v) is 24.8. The molecule has 0 saturated heterocycles. The van der Waals surface area contributed by atoms with Gasteiger partial charge in [-0.05, 0) is 39.1 Å². The number of hydrogen-bond donors (Lipinski definition) is 5. The molecule has 0 aromatic heterocycles. The SMILES string of the molecule is CCN(CC)CCNC(=O)c1cc(-c2cc(C(=O)NCC[NH+](CC)CC)c(OC)cc2N)c(N)cc1OC.[Cl-]. The summed E-state index contributed by atoms with van der Waals surface area (Å²) >= 11 is 0. The van der Waals surface area contributed by atoms with E-state index >= 15 is 0 Å². The Kier molecular flexibility index (Phi) is 14.5. The predicted octanol–water partition coefficient (Wildman–Crippen LogP) is -1.73. The van der Waals surface area contributed by atoms with Crippen molar-refractivity contribution in [1.82, 2.24) is 15.5 Å². The highest BCUT2D eigenvalue weighted by molar-refractivity contribution is 6.03. The smallest absolute Gasteiger partial charge is 0.255 e. The normalized spacial score (nSPS) is 10.8. The van der Waals surface area contributed by atoms with Crippen molar-refractivity contribution >= 4 is 23.2 Å². The number of hydrogen-bond acceptors (Lipinski definition) is 7. The van der Waals surface area contributed by atoms with Crippen LogP contribution in [0.15, 0.2) is 24.3 Å². The first-order valence-corrected chi connectivity index (χ1v) is 13.3. The fourth-order valence-electron chi connectivity index (χ4n) is 4.36. The van der Waals surface area contributed by atoms with Crippen LogP contribution in [0.1, 0.15) is 48.4 Å². The number of nitrogens with zero attached hydrogens (tertiary/aromatic N) is 1. The summed E-state index contributed by atoms with van der Waals surface area (Å²) in [5.41, 5.74) is 15.2. The number of carbonyl (C=O) groups is 2. The number of nitrogens with one attached hydrogen (secondary N) is 3. The molecule has 0 aliphatic rings. The predicted molar refractivity (Wildman–Crippen MR) is 153 cm³/mol. The molecule has 2 aromatic carbocycles. The van der Waals surface area contributed by atoms with Crippen LogP contribution in [0.3, 0.4) is 0 Å². The van der Waals surface area contributed by atoms with Gasteiger partial charge in [0.05, 0.1) is 51.5 Å². The lowest BCUT2D eigenvalue weighted by Gasteiger charge is -2.19. The fraction of sp³-hybridized carbons (Fsp3) is 0.500. The Bertz CT molecular complexity index is 1000. The molecule has 11 heteroatoms. The van der Waals surface area contributed by atoms with Gasteiger partial charge in [0.15, 0.2) is 0 Å². The van der Waals surface area contributed by atoms with Crippen LogP contribution in [0.4, 0.5) is 11.4 Å². The Labute approximate surface area is 238 Å². The summed E-state index contributed by atoms with van der Waals surface area (Å²) in [5, 5.41) is 5.93. The van der Waals surface area contributed by atoms with Crippen molar-refractivity contribution in [2.75, 3.05) is 78.0 Å². The lowest BCUT2D eigenvalue weighted by atomic mass is 9.96. The summed E-state index contributed by atoms with van der Waals surface area (Å²) < 4.78 is 10.9. The summed E-state index contributed by atoms with van der Waals surface area (Å²) in [5.74, 6) is 0.172. The summed E-state index contributed by atoms with van der Waals surface area (Å²) in [6.07, 6.45) is 0. The highest BCUT2D eigenvalue weighted by atomic mass is 35.5. The molecule has 0 spiro atoms. The molecule has 7 N–H and O–H groups in total. The quantitative estimate of drug-likeness (QED) is 0.162. The maximum atomic E-state index is 13.1. The van der Waals surface area contributed by atoms with Crippen molar-refractivity contribution < 1.29 is 36.4 Å². The second-order valence-corrected chi connectivity index (χ2v) is 9.03. The van der Waals surface area contributed by atoms with Gasteiger partial charge in [-0.1, -0.05) is 13.8 Å². The van der Waals surface area contributed by atoms with Crippen LogP contribution in [0.25, 0.3) is 11.1 Å². The van der Waals surface area contributed by atoms with Crippen molar-refractivity contribution in [2.45, 2.75) is 27.7 Å². The zero-order chi connectivity index (χ0) is 28.2. The Morgan fingerprint density at radius 1 is 0.795 bits per heavy atom. The highest BCUT2D eigenvalue weighted by Gasteiger charge is 2.21. The molecule has 2 aromatic rings. The third kappa shape index (κ3) is 8.91. The molecule has 0 heterocycles. The van der Waals surface area contributed by atoms with Gasteiger partial charge in [0.1, 0.15) is 11.5 Å². The minimum absolute atomic E-state index is 0. The number of anilines is 2. The molecule has 0 fully saturated rings. The molecule has 0 atom stereocenters. The van der Waals surface area contributed by atoms with Gasteiger partial charge in [-0.2, -0.15) is 0 Å². The van der Waals surface area contributed by atoms with Gasteiger partial charge in [-0.15, -0.1) is 0 Å². The third-order valence-electron chi connectivity index (χ3n) is 6.89. The van der Waals surface area contributed by atoms with Gasteiger partial charge < -0.3 is 53.8 Å². The van der Waals surface area contributed by atoms with Crippen molar-refractivity contribution in [2.24, 2.45) is 0 Å². The number of rotatable bonds is 15. The largest absolute Gasteiger partial charge is 1.00 e. The van der Waals surface area contributed by atoms with Crippen LogP contribution in [-0.2, 0) is 0 Å². The Morgan fingerprint density at radius 3 is 1.62 bits per heavy atom. The Morgan fingerprint density at radius 2 is 1.23 bits per heavy atom. The first kappa shape index (κ1) is 33.8. The van der Waals surface area contributed by atoms with E-state index in [0.29, 0.717) is 58.2 Å². The lowest BCUT2D eigenvalue weighted by Crippen LogP contribution is -3.12. The number of halogens is 1. The maximum Gasteiger partial charge on any atom is 0.255 e. The minimum atomic E-state index is -0.279. The molecule has 2 amide bonds. The second kappa shape index (κ2) is 16.7. The van der Waals surface area contributed by atoms with Crippen LogP contribution in [0.2, 0.25) is 0 Å². The summed E-state index contributed by atoms with van der Waals surface area (Å²) in [6, 6.07) is 6.52. The van der Waals surface area contributed by atoms with Gasteiger partial charge >= 0.3 is 0 Å². The summed E-state index contributed by atoms with van der Waals surface area (Å²) in [7, 11) is 2.99. The number of ether oxygens (including phenoxy) is 2. The number of nitrogen functional groups attached to an aromatic ring is 2. The maximum absolute atomic E-state index is 13.1. The molecular formula is C28H45ClN6O4. The van der Waals surface area contributed by atoms with E-state index in [1.165, 1.54) is 19.1 Å². The van der Waals surface area contributed by atoms with Crippen LogP contribution in [0, 0.1) is 0 Å². The number of nitrogens with two attached hydrogens (primary N) is 2. The van der Waals surface area contributed by atoms with E-state index in [0.717, 1.165) is 39.3 Å². The van der Waals surface area contributed by atoms with Crippen LogP contribution in [-0.4, -0.2) is 83.3 Å². The van der Waals surface area contributed by atoms with E-state index in [9.17, 15) is 9.59 Å². The summed E-state index contributed by atoms with van der Waals surface area (Å²) in [6.45, 7) is 14.8. The topological polar surface area (TPSA) is 136 Å². The average Bonchev–Trinajstić information content (AvgIpc) is 2.92. The number of amides is 2. The highest BCUT2D eigenvalue weighted by Crippen LogP contribution is 2.38. The van der Waals surface area contributed by atoms with E-state index in [2.05, 4.69) is 43.2 Å². The van der Waals surface area contributed by atoms with Crippen molar-refractivity contribution in [3.63, 3.8) is 0 Å². The average molecular weight is 565 g/mol. The molecule has 0 saturated carbocycles. The molecule has 39 heavy (non-hydrogen) atoms. The van der Waals surface area contributed by atoms with Gasteiger partial charge in [0, 0.05) is 47.7 Å². The van der Waals surface area contributed by atoms with Gasteiger partial charge in [-0.25, -0.2) is 0 Å². The van der Waals surface area contributed by atoms with E-state index in [-0.39, 0.29) is 24.2 Å². The van der Waals surface area contributed by atoms with Gasteiger partial charge in [-0.3, -0.25) is 9.59 Å². The van der Waals surface area contributed by atoms with Crippen molar-refractivity contribution in [3.05, 3.63) is 35.4 Å². The lowest BCUT2D eigenvalue weighted by molar-refractivity contribution is -0.895. The number of likely N-dealkylation sites (N-methyl/N-ethyl adjacent to an activating group) is 2. The van der Waals surface area contributed by atoms with E-state index in [1.807, 2.05) is 0 Å². The van der Waals surface area contributed by atoms with Crippen molar-refractivity contribution in [1.29, 1.82) is 0 Å². The number of methoxy groups -OCH3 is 2. The molecular weight excluding hydrogens is 520 g/mol. The van der Waals surface area contributed by atoms with Gasteiger partial charge in [0.25, 0.3) is 11.8 Å². The second-order valence-electron chi connectivity index (χ2n) is 9.03. The first-order valence-electron chi connectivity index (χ1n) is 13.3.